The van der Waals surface area contributed by atoms with E-state index in [9.17, 15) is 0 Å². The van der Waals surface area contributed by atoms with E-state index in [4.69, 9.17) is 19.7 Å². The molecule has 4 nitrogen and oxygen atoms in total. The zero-order valence-corrected chi connectivity index (χ0v) is 17.7. The van der Waals surface area contributed by atoms with Crippen molar-refractivity contribution < 1.29 is 4.74 Å². The predicted octanol–water partition coefficient (Wildman–Crippen LogP) is 5.93. The van der Waals surface area contributed by atoms with Crippen LogP contribution in [0.4, 0.5) is 0 Å². The van der Waals surface area contributed by atoms with E-state index >= 15 is 0 Å². The fourth-order valence-electron chi connectivity index (χ4n) is 3.42. The maximum absolute atomic E-state index is 5.52. The summed E-state index contributed by atoms with van der Waals surface area (Å²) in [5, 5.41) is 0. The monoisotopic (exact) mass is 407 g/mol. The minimum atomic E-state index is 0.576. The molecule has 0 amide bonds. The molecular weight excluding hydrogens is 382 g/mol. The van der Waals surface area contributed by atoms with Crippen molar-refractivity contribution in [2.45, 2.75) is 13.3 Å². The Morgan fingerprint density at radius 3 is 1.90 bits per heavy atom. The highest BCUT2D eigenvalue weighted by atomic mass is 16.5. The lowest BCUT2D eigenvalue weighted by Crippen LogP contribution is -2.02. The van der Waals surface area contributed by atoms with Gasteiger partial charge in [0.15, 0.2) is 17.5 Å². The SMILES string of the molecule is C=CCOCCc1ccc(-c2nc(-c3ccccc3)nc(-c3ccccc3)n2)c(C)c1. The van der Waals surface area contributed by atoms with E-state index in [-0.39, 0.29) is 0 Å². The van der Waals surface area contributed by atoms with Crippen molar-refractivity contribution in [2.75, 3.05) is 13.2 Å². The number of nitrogens with zero attached hydrogens (tertiary/aromatic N) is 3. The van der Waals surface area contributed by atoms with Crippen molar-refractivity contribution in [2.24, 2.45) is 0 Å². The van der Waals surface area contributed by atoms with Crippen LogP contribution in [0.5, 0.6) is 0 Å². The van der Waals surface area contributed by atoms with E-state index in [1.54, 1.807) is 6.08 Å². The van der Waals surface area contributed by atoms with Crippen molar-refractivity contribution in [3.63, 3.8) is 0 Å². The second-order valence-electron chi connectivity index (χ2n) is 7.30. The van der Waals surface area contributed by atoms with Gasteiger partial charge in [0.25, 0.3) is 0 Å². The van der Waals surface area contributed by atoms with Gasteiger partial charge in [0.2, 0.25) is 0 Å². The van der Waals surface area contributed by atoms with Crippen LogP contribution >= 0.6 is 0 Å². The van der Waals surface area contributed by atoms with E-state index in [2.05, 4.69) is 31.7 Å². The van der Waals surface area contributed by atoms with Crippen molar-refractivity contribution in [1.82, 2.24) is 15.0 Å². The number of aromatic nitrogens is 3. The van der Waals surface area contributed by atoms with Gasteiger partial charge in [0, 0.05) is 16.7 Å². The zero-order chi connectivity index (χ0) is 21.5. The molecule has 1 heterocycles. The normalized spacial score (nSPS) is 10.7. The number of hydrogen-bond acceptors (Lipinski definition) is 4. The molecule has 4 aromatic rings. The summed E-state index contributed by atoms with van der Waals surface area (Å²) in [6.07, 6.45) is 2.63. The molecule has 4 rings (SSSR count). The van der Waals surface area contributed by atoms with Gasteiger partial charge < -0.3 is 4.74 Å². The fourth-order valence-corrected chi connectivity index (χ4v) is 3.42. The molecule has 0 saturated heterocycles. The van der Waals surface area contributed by atoms with Gasteiger partial charge in [0.1, 0.15) is 0 Å². The lowest BCUT2D eigenvalue weighted by Gasteiger charge is -2.11. The molecule has 0 aliphatic heterocycles. The van der Waals surface area contributed by atoms with Crippen LogP contribution in [0.25, 0.3) is 34.2 Å². The molecule has 0 aliphatic carbocycles. The van der Waals surface area contributed by atoms with E-state index in [0.717, 1.165) is 28.7 Å². The summed E-state index contributed by atoms with van der Waals surface area (Å²) in [5.74, 6) is 2.02. The Labute approximate surface area is 183 Å². The van der Waals surface area contributed by atoms with Crippen LogP contribution in [0.2, 0.25) is 0 Å². The topological polar surface area (TPSA) is 47.9 Å². The smallest absolute Gasteiger partial charge is 0.164 e. The highest BCUT2D eigenvalue weighted by Gasteiger charge is 2.13. The molecule has 0 spiro atoms. The second kappa shape index (κ2) is 9.92. The molecule has 0 unspecified atom stereocenters. The molecule has 1 aromatic heterocycles. The van der Waals surface area contributed by atoms with E-state index in [1.807, 2.05) is 60.7 Å². The largest absolute Gasteiger partial charge is 0.377 e. The van der Waals surface area contributed by atoms with Gasteiger partial charge in [-0.3, -0.25) is 0 Å². The van der Waals surface area contributed by atoms with Crippen molar-refractivity contribution in [3.05, 3.63) is 103 Å². The summed E-state index contributed by atoms with van der Waals surface area (Å²) >= 11 is 0. The van der Waals surface area contributed by atoms with Crippen LogP contribution in [-0.4, -0.2) is 28.2 Å². The van der Waals surface area contributed by atoms with E-state index in [1.165, 1.54) is 5.56 Å². The van der Waals surface area contributed by atoms with Crippen LogP contribution in [0, 0.1) is 6.92 Å². The average Bonchev–Trinajstić information content (AvgIpc) is 2.83. The first-order chi connectivity index (χ1) is 15.2. The number of aryl methyl sites for hydroxylation is 1. The molecule has 0 saturated carbocycles. The summed E-state index contributed by atoms with van der Waals surface area (Å²) in [5.41, 5.74) is 5.30. The molecule has 0 fully saturated rings. The first-order valence-electron chi connectivity index (χ1n) is 10.4. The van der Waals surface area contributed by atoms with E-state index in [0.29, 0.717) is 30.7 Å². The Morgan fingerprint density at radius 1 is 0.774 bits per heavy atom. The summed E-state index contributed by atoms with van der Waals surface area (Å²) in [6, 6.07) is 26.4. The third-order valence-electron chi connectivity index (χ3n) is 5.00. The van der Waals surface area contributed by atoms with Crippen molar-refractivity contribution in [1.29, 1.82) is 0 Å². The Balaban J connectivity index is 1.73. The average molecular weight is 408 g/mol. The lowest BCUT2D eigenvalue weighted by atomic mass is 10.0. The third-order valence-corrected chi connectivity index (χ3v) is 5.00. The quantitative estimate of drug-likeness (QED) is 0.268. The minimum Gasteiger partial charge on any atom is -0.377 e. The first kappa shape index (κ1) is 20.6. The van der Waals surface area contributed by atoms with Crippen LogP contribution in [0.15, 0.2) is 91.5 Å². The number of benzene rings is 3. The maximum Gasteiger partial charge on any atom is 0.164 e. The van der Waals surface area contributed by atoms with Crippen LogP contribution in [0.1, 0.15) is 11.1 Å². The highest BCUT2D eigenvalue weighted by Crippen LogP contribution is 2.27. The third kappa shape index (κ3) is 5.11. The Hall–Kier alpha value is -3.63. The molecule has 0 radical (unpaired) electrons. The van der Waals surface area contributed by atoms with Gasteiger partial charge in [-0.2, -0.15) is 0 Å². The zero-order valence-electron chi connectivity index (χ0n) is 17.7. The Bertz CT molecular complexity index is 1100. The standard InChI is InChI=1S/C27H25N3O/c1-3-17-31-18-16-21-14-15-24(20(2)19-21)27-29-25(22-10-6-4-7-11-22)28-26(30-27)23-12-8-5-9-13-23/h3-15,19H,1,16-18H2,2H3. The number of hydrogen-bond donors (Lipinski definition) is 0. The van der Waals surface area contributed by atoms with Crippen LogP contribution < -0.4 is 0 Å². The highest BCUT2D eigenvalue weighted by molar-refractivity contribution is 5.68. The molecule has 154 valence electrons. The number of ether oxygens (including phenoxy) is 1. The van der Waals surface area contributed by atoms with Gasteiger partial charge in [-0.25, -0.2) is 15.0 Å². The first-order valence-corrected chi connectivity index (χ1v) is 10.4. The summed E-state index contributed by atoms with van der Waals surface area (Å²) in [6.45, 7) is 7.02. The predicted molar refractivity (Wildman–Crippen MR) is 126 cm³/mol. The number of rotatable bonds is 8. The minimum absolute atomic E-state index is 0.576. The van der Waals surface area contributed by atoms with E-state index < -0.39 is 0 Å². The van der Waals surface area contributed by atoms with Crippen LogP contribution in [-0.2, 0) is 11.2 Å². The van der Waals surface area contributed by atoms with Gasteiger partial charge in [0.05, 0.1) is 13.2 Å². The second-order valence-corrected chi connectivity index (χ2v) is 7.30. The molecular formula is C27H25N3O. The van der Waals surface area contributed by atoms with Gasteiger partial charge in [-0.1, -0.05) is 84.9 Å². The Kier molecular flexibility index (Phi) is 6.60. The fraction of sp³-hybridized carbons (Fsp3) is 0.148. The van der Waals surface area contributed by atoms with Gasteiger partial charge >= 0.3 is 0 Å². The summed E-state index contributed by atoms with van der Waals surface area (Å²) < 4.78 is 5.52. The molecule has 31 heavy (non-hydrogen) atoms. The molecule has 0 aliphatic rings. The van der Waals surface area contributed by atoms with Crippen LogP contribution in [0.3, 0.4) is 0 Å². The van der Waals surface area contributed by atoms with Crippen molar-refractivity contribution in [3.8, 4) is 34.2 Å². The molecule has 0 atom stereocenters. The van der Waals surface area contributed by atoms with Gasteiger partial charge in [-0.05, 0) is 24.5 Å². The lowest BCUT2D eigenvalue weighted by molar-refractivity contribution is 0.166. The van der Waals surface area contributed by atoms with Gasteiger partial charge in [-0.15, -0.1) is 6.58 Å². The van der Waals surface area contributed by atoms with Crippen molar-refractivity contribution >= 4 is 0 Å². The summed E-state index contributed by atoms with van der Waals surface area (Å²) in [7, 11) is 0. The Morgan fingerprint density at radius 2 is 1.35 bits per heavy atom. The molecule has 4 heteroatoms. The molecule has 3 aromatic carbocycles. The maximum atomic E-state index is 5.52. The molecule has 0 bridgehead atoms. The molecule has 0 N–H and O–H groups in total. The summed E-state index contributed by atoms with van der Waals surface area (Å²) in [4.78, 5) is 14.4.